The standard InChI is InChI=1S/C19H16NS/c1-20-17-11-4-5-12-18(17)21-19(20)13-15-9-6-8-14-7-2-3-10-16(14)15/h2-12H,13H2,1H3/q+1. The van der Waals surface area contributed by atoms with Crippen LogP contribution in [0.3, 0.4) is 0 Å². The SMILES string of the molecule is C[n+]1c(Cc2cccc3ccccc23)sc2ccccc21. The van der Waals surface area contributed by atoms with Crippen LogP contribution in [0, 0.1) is 0 Å². The highest BCUT2D eigenvalue weighted by Crippen LogP contribution is 2.25. The molecule has 0 radical (unpaired) electrons. The summed E-state index contributed by atoms with van der Waals surface area (Å²) in [7, 11) is 2.17. The second kappa shape index (κ2) is 4.97. The number of fused-ring (bicyclic) bond motifs is 2. The minimum atomic E-state index is 0.983. The van der Waals surface area contributed by atoms with Gasteiger partial charge in [0.05, 0.1) is 6.42 Å². The van der Waals surface area contributed by atoms with E-state index in [0.717, 1.165) is 6.42 Å². The smallest absolute Gasteiger partial charge is 0.188 e. The summed E-state index contributed by atoms with van der Waals surface area (Å²) in [6.07, 6.45) is 0.983. The topological polar surface area (TPSA) is 3.88 Å². The van der Waals surface area contributed by atoms with Crippen LogP contribution in [0.5, 0.6) is 0 Å². The van der Waals surface area contributed by atoms with Gasteiger partial charge in [-0.3, -0.25) is 0 Å². The van der Waals surface area contributed by atoms with Crippen LogP contribution in [0.2, 0.25) is 0 Å². The van der Waals surface area contributed by atoms with Gasteiger partial charge in [-0.25, -0.2) is 0 Å². The van der Waals surface area contributed by atoms with Crippen LogP contribution < -0.4 is 4.57 Å². The maximum atomic E-state index is 2.32. The Morgan fingerprint density at radius 1 is 0.857 bits per heavy atom. The summed E-state index contributed by atoms with van der Waals surface area (Å²) >= 11 is 1.89. The number of para-hydroxylation sites is 1. The third kappa shape index (κ3) is 2.12. The highest BCUT2D eigenvalue weighted by Gasteiger charge is 2.17. The minimum Gasteiger partial charge on any atom is -0.188 e. The zero-order chi connectivity index (χ0) is 14.2. The van der Waals surface area contributed by atoms with Crippen LogP contribution in [0.25, 0.3) is 21.0 Å². The molecule has 0 saturated heterocycles. The van der Waals surface area contributed by atoms with E-state index in [-0.39, 0.29) is 0 Å². The molecule has 0 spiro atoms. The van der Waals surface area contributed by atoms with E-state index in [1.54, 1.807) is 0 Å². The van der Waals surface area contributed by atoms with Crippen molar-refractivity contribution in [2.75, 3.05) is 0 Å². The van der Waals surface area contributed by atoms with Crippen molar-refractivity contribution in [1.82, 2.24) is 0 Å². The van der Waals surface area contributed by atoms with Crippen LogP contribution in [0.15, 0.2) is 66.7 Å². The van der Waals surface area contributed by atoms with Crippen LogP contribution in [0.1, 0.15) is 10.6 Å². The van der Waals surface area contributed by atoms with Crippen molar-refractivity contribution in [3.8, 4) is 0 Å². The predicted octanol–water partition coefficient (Wildman–Crippen LogP) is 4.47. The van der Waals surface area contributed by atoms with Gasteiger partial charge >= 0.3 is 0 Å². The Kier molecular flexibility index (Phi) is 2.97. The minimum absolute atomic E-state index is 0.983. The molecule has 0 N–H and O–H groups in total. The predicted molar refractivity (Wildman–Crippen MR) is 89.8 cm³/mol. The van der Waals surface area contributed by atoms with E-state index in [9.17, 15) is 0 Å². The first kappa shape index (κ1) is 12.5. The lowest BCUT2D eigenvalue weighted by molar-refractivity contribution is -0.647. The van der Waals surface area contributed by atoms with Crippen molar-refractivity contribution < 1.29 is 4.57 Å². The third-order valence-corrected chi connectivity index (χ3v) is 5.27. The molecule has 4 rings (SSSR count). The zero-order valence-corrected chi connectivity index (χ0v) is 12.7. The quantitative estimate of drug-likeness (QED) is 0.480. The van der Waals surface area contributed by atoms with Crippen molar-refractivity contribution in [3.63, 3.8) is 0 Å². The van der Waals surface area contributed by atoms with Gasteiger partial charge in [-0.1, -0.05) is 65.9 Å². The summed E-state index contributed by atoms with van der Waals surface area (Å²) in [5, 5.41) is 4.07. The average Bonchev–Trinajstić information content (AvgIpc) is 2.85. The highest BCUT2D eigenvalue weighted by molar-refractivity contribution is 7.18. The van der Waals surface area contributed by atoms with E-state index in [1.165, 1.54) is 31.6 Å². The van der Waals surface area contributed by atoms with Crippen molar-refractivity contribution in [3.05, 3.63) is 77.3 Å². The average molecular weight is 290 g/mol. The van der Waals surface area contributed by atoms with Gasteiger partial charge in [0.1, 0.15) is 11.7 Å². The summed E-state index contributed by atoms with van der Waals surface area (Å²) in [6.45, 7) is 0. The van der Waals surface area contributed by atoms with Crippen LogP contribution in [-0.2, 0) is 13.5 Å². The Balaban J connectivity index is 1.85. The summed E-state index contributed by atoms with van der Waals surface area (Å²) < 4.78 is 3.68. The maximum Gasteiger partial charge on any atom is 0.242 e. The van der Waals surface area contributed by atoms with Crippen molar-refractivity contribution in [1.29, 1.82) is 0 Å². The number of rotatable bonds is 2. The van der Waals surface area contributed by atoms with Gasteiger partial charge in [-0.2, -0.15) is 4.57 Å². The molecule has 21 heavy (non-hydrogen) atoms. The zero-order valence-electron chi connectivity index (χ0n) is 11.9. The molecule has 1 nitrogen and oxygen atoms in total. The molecule has 0 aliphatic carbocycles. The van der Waals surface area contributed by atoms with E-state index in [2.05, 4.69) is 78.3 Å². The van der Waals surface area contributed by atoms with E-state index in [0.29, 0.717) is 0 Å². The van der Waals surface area contributed by atoms with Crippen LogP contribution in [-0.4, -0.2) is 0 Å². The summed E-state index contributed by atoms with van der Waals surface area (Å²) in [6, 6.07) is 23.8. The van der Waals surface area contributed by atoms with Gasteiger partial charge in [0, 0.05) is 6.07 Å². The van der Waals surface area contributed by atoms with Crippen LogP contribution in [0.4, 0.5) is 0 Å². The first-order chi connectivity index (χ1) is 10.3. The Hall–Kier alpha value is -2.19. The number of hydrogen-bond donors (Lipinski definition) is 0. The Morgan fingerprint density at radius 3 is 2.52 bits per heavy atom. The lowest BCUT2D eigenvalue weighted by Crippen LogP contribution is -2.30. The molecule has 3 aromatic carbocycles. The normalized spacial score (nSPS) is 11.3. The van der Waals surface area contributed by atoms with Gasteiger partial charge in [-0.05, 0) is 22.4 Å². The number of thiazole rings is 1. The lowest BCUT2D eigenvalue weighted by atomic mass is 10.0. The van der Waals surface area contributed by atoms with Crippen molar-refractivity contribution >= 4 is 32.3 Å². The molecule has 1 heterocycles. The largest absolute Gasteiger partial charge is 0.242 e. The van der Waals surface area contributed by atoms with Crippen LogP contribution >= 0.6 is 11.3 Å². The summed E-state index contributed by atoms with van der Waals surface area (Å²) in [5.41, 5.74) is 2.72. The lowest BCUT2D eigenvalue weighted by Gasteiger charge is -2.03. The summed E-state index contributed by atoms with van der Waals surface area (Å²) in [4.78, 5) is 0. The number of nitrogens with zero attached hydrogens (tertiary/aromatic N) is 1. The Morgan fingerprint density at radius 2 is 1.62 bits per heavy atom. The van der Waals surface area contributed by atoms with Gasteiger partial charge in [0.15, 0.2) is 0 Å². The number of benzene rings is 3. The molecule has 4 aromatic rings. The van der Waals surface area contributed by atoms with Crippen molar-refractivity contribution in [2.45, 2.75) is 6.42 Å². The van der Waals surface area contributed by atoms with Gasteiger partial charge in [-0.15, -0.1) is 0 Å². The van der Waals surface area contributed by atoms with Gasteiger partial charge < -0.3 is 0 Å². The number of aromatic nitrogens is 1. The third-order valence-electron chi connectivity index (χ3n) is 4.05. The number of hydrogen-bond acceptors (Lipinski definition) is 1. The first-order valence-electron chi connectivity index (χ1n) is 7.16. The number of aryl methyl sites for hydroxylation is 1. The fourth-order valence-corrected chi connectivity index (χ4v) is 4.09. The Labute approximate surface area is 128 Å². The Bertz CT molecular complexity index is 931. The molecule has 0 saturated carbocycles. The fraction of sp³-hybridized carbons (Fsp3) is 0.105. The summed E-state index contributed by atoms with van der Waals surface area (Å²) in [5.74, 6) is 0. The first-order valence-corrected chi connectivity index (χ1v) is 7.97. The van der Waals surface area contributed by atoms with E-state index < -0.39 is 0 Å². The molecule has 0 atom stereocenters. The molecule has 0 fully saturated rings. The van der Waals surface area contributed by atoms with Gasteiger partial charge in [0.25, 0.3) is 0 Å². The highest BCUT2D eigenvalue weighted by atomic mass is 32.1. The monoisotopic (exact) mass is 290 g/mol. The fourth-order valence-electron chi connectivity index (χ4n) is 2.91. The molecule has 2 heteroatoms. The van der Waals surface area contributed by atoms with Crippen molar-refractivity contribution in [2.24, 2.45) is 7.05 Å². The van der Waals surface area contributed by atoms with E-state index in [4.69, 9.17) is 0 Å². The second-order valence-corrected chi connectivity index (χ2v) is 6.45. The molecular weight excluding hydrogens is 274 g/mol. The molecular formula is C19H16NS+. The molecule has 0 unspecified atom stereocenters. The molecule has 0 amide bonds. The second-order valence-electron chi connectivity index (χ2n) is 5.34. The molecule has 0 aliphatic rings. The molecule has 0 aliphatic heterocycles. The maximum absolute atomic E-state index is 2.32. The molecule has 1 aromatic heterocycles. The molecule has 102 valence electrons. The van der Waals surface area contributed by atoms with E-state index >= 15 is 0 Å². The molecule has 0 bridgehead atoms. The van der Waals surface area contributed by atoms with E-state index in [1.807, 2.05) is 11.3 Å². The van der Waals surface area contributed by atoms with Gasteiger partial charge in [0.2, 0.25) is 10.5 Å².